The molecule has 10 rings (SSSR count). The Balaban J connectivity index is 0.766. The lowest BCUT2D eigenvalue weighted by Crippen LogP contribution is -2.68. The van der Waals surface area contributed by atoms with Crippen molar-refractivity contribution in [2.24, 2.45) is 52.3 Å². The lowest BCUT2D eigenvalue weighted by molar-refractivity contribution is -0.406. The summed E-state index contributed by atoms with van der Waals surface area (Å²) in [6.07, 6.45) is -36.2. The Labute approximate surface area is 498 Å². The van der Waals surface area contributed by atoms with E-state index in [0.29, 0.717) is 43.4 Å². The highest BCUT2D eigenvalue weighted by molar-refractivity contribution is 5.15. The molecule has 0 radical (unpaired) electrons. The van der Waals surface area contributed by atoms with Gasteiger partial charge in [0.15, 0.2) is 37.2 Å². The van der Waals surface area contributed by atoms with Crippen molar-refractivity contribution in [1.82, 2.24) is 0 Å². The molecule has 10 aliphatic rings. The van der Waals surface area contributed by atoms with Gasteiger partial charge in [-0.25, -0.2) is 0 Å². The van der Waals surface area contributed by atoms with E-state index in [1.807, 2.05) is 6.92 Å². The molecule has 498 valence electrons. The number of rotatable bonds is 19. The van der Waals surface area contributed by atoms with Crippen molar-refractivity contribution < 1.29 is 144 Å². The van der Waals surface area contributed by atoms with Crippen LogP contribution in [0.3, 0.4) is 0 Å². The van der Waals surface area contributed by atoms with Crippen LogP contribution in [0.15, 0.2) is 0 Å². The predicted molar refractivity (Wildman–Crippen MR) is 284 cm³/mol. The van der Waals surface area contributed by atoms with E-state index >= 15 is 0 Å². The summed E-state index contributed by atoms with van der Waals surface area (Å²) in [4.78, 5) is 0. The van der Waals surface area contributed by atoms with Gasteiger partial charge in [-0.05, 0) is 104 Å². The zero-order valence-electron chi connectivity index (χ0n) is 49.0. The van der Waals surface area contributed by atoms with Crippen molar-refractivity contribution in [3.63, 3.8) is 0 Å². The van der Waals surface area contributed by atoms with Crippen LogP contribution in [0.4, 0.5) is 0 Å². The highest BCUT2D eigenvalue weighted by atomic mass is 16.8. The number of aliphatic hydroxyl groups excluding tert-OH is 17. The van der Waals surface area contributed by atoms with Crippen LogP contribution in [0.1, 0.15) is 91.9 Å². The molecule has 0 amide bonds. The quantitative estimate of drug-likeness (QED) is 0.0535. The largest absolute Gasteiger partial charge is 0.394 e. The highest BCUT2D eigenvalue weighted by Gasteiger charge is 2.69. The number of hydrogen-bond acceptors (Lipinski definition) is 29. The van der Waals surface area contributed by atoms with E-state index in [-0.39, 0.29) is 47.2 Å². The standard InChI is InChI=1S/C57H96O29/c1-21(20-76-50-43(71)39(67)35(63)29(15-58)78-50)7-12-57(75)22(2)34-28(86-57)14-27-25-6-5-23-13-24(8-10-55(23,3)26(25)9-11-56(27,34)4)77-51-46(74)42(70)47(33(19-62)82-51)83-54-49(85-53-45(73)41(69)37(65)31(17-60)80-53)48(38(66)32(18-61)81-54)84-52-44(72)40(68)36(64)30(16-59)79-52/h21-54,58-75H,5-20H2,1-4H3/t21-,22-,23+,24-,25-,26+,27+,28+,29-,30+,31+,32-,33-,34+,35-,36+,37-,38+,39+,40+,41-,42+,43-,44-,45+,46-,47-,48+,49+,50+,51+,52+,53-,54+,55-,56+,57+/m1/s1. The van der Waals surface area contributed by atoms with E-state index in [2.05, 4.69) is 20.8 Å². The summed E-state index contributed by atoms with van der Waals surface area (Å²) < 4.78 is 66.0. The van der Waals surface area contributed by atoms with Crippen molar-refractivity contribution in [1.29, 1.82) is 0 Å². The fourth-order valence-corrected chi connectivity index (χ4v) is 17.1. The first-order valence-corrected chi connectivity index (χ1v) is 30.9. The Morgan fingerprint density at radius 2 is 0.942 bits per heavy atom. The molecule has 0 spiro atoms. The molecule has 29 heteroatoms. The summed E-state index contributed by atoms with van der Waals surface area (Å²) in [5, 5.41) is 193. The van der Waals surface area contributed by atoms with E-state index in [1.165, 1.54) is 0 Å². The third kappa shape index (κ3) is 12.4. The maximum atomic E-state index is 12.2. The SMILES string of the molecule is C[C@H](CC[C@]1(O)O[C@H]2C[C@H]3[C@@H]4CC[C@H]5C[C@H](O[C@H]6O[C@H](CO)[C@@H](O[C@@H]7O[C@H](CO)[C@H](O)[C@H](O[C@@H]8O[C@@H](CO)[C@H](O)[C@H](O)[C@H]8O)[C@@H]7O[C@H]7O[C@@H](CO)[C@@H](O)[C@@H](O)[C@@H]7O)[C@@H](O)[C@H]6O)CC[C@@]5(C)[C@H]4CC[C@]3(C)[C@H]2[C@H]1C)CO[C@H]1O[C@H](CO)[C@@H](O)[C@H](O)[C@H]1O. The Morgan fingerprint density at radius 1 is 0.465 bits per heavy atom. The van der Waals surface area contributed by atoms with Gasteiger partial charge in [-0.1, -0.05) is 27.7 Å². The van der Waals surface area contributed by atoms with Gasteiger partial charge in [-0.2, -0.15) is 0 Å². The molecular formula is C57H96O29. The van der Waals surface area contributed by atoms with Gasteiger partial charge < -0.3 is 144 Å². The van der Waals surface area contributed by atoms with Crippen LogP contribution in [-0.4, -0.2) is 303 Å². The van der Waals surface area contributed by atoms with Gasteiger partial charge in [0.1, 0.15) is 122 Å². The molecule has 4 aliphatic carbocycles. The first-order valence-electron chi connectivity index (χ1n) is 30.9. The van der Waals surface area contributed by atoms with Crippen molar-refractivity contribution in [3.05, 3.63) is 0 Å². The molecule has 4 saturated carbocycles. The van der Waals surface area contributed by atoms with E-state index in [4.69, 9.17) is 52.1 Å². The average molecular weight is 1250 g/mol. The second-order valence-electron chi connectivity index (χ2n) is 27.1. The van der Waals surface area contributed by atoms with Crippen LogP contribution in [-0.2, 0) is 52.1 Å². The Hall–Kier alpha value is -1.16. The fourth-order valence-electron chi connectivity index (χ4n) is 17.1. The highest BCUT2D eigenvalue weighted by Crippen LogP contribution is 2.71. The summed E-state index contributed by atoms with van der Waals surface area (Å²) in [6.45, 7) is 4.85. The Bertz CT molecular complexity index is 2190. The summed E-state index contributed by atoms with van der Waals surface area (Å²) in [6, 6.07) is 0. The molecule has 10 fully saturated rings. The minimum absolute atomic E-state index is 0.0421. The molecule has 86 heavy (non-hydrogen) atoms. The molecule has 6 saturated heterocycles. The molecule has 0 bridgehead atoms. The van der Waals surface area contributed by atoms with E-state index in [9.17, 15) is 91.9 Å². The smallest absolute Gasteiger partial charge is 0.187 e. The van der Waals surface area contributed by atoms with Crippen LogP contribution in [0, 0.1) is 52.3 Å². The van der Waals surface area contributed by atoms with Crippen molar-refractivity contribution in [2.75, 3.05) is 39.6 Å². The summed E-state index contributed by atoms with van der Waals surface area (Å²) in [5.74, 6) is 0.0161. The first-order chi connectivity index (χ1) is 40.8. The topological polar surface area (TPSA) is 466 Å². The molecule has 18 N–H and O–H groups in total. The minimum Gasteiger partial charge on any atom is -0.394 e. The van der Waals surface area contributed by atoms with Gasteiger partial charge in [0.2, 0.25) is 0 Å². The van der Waals surface area contributed by atoms with Crippen LogP contribution in [0.2, 0.25) is 0 Å². The third-order valence-corrected chi connectivity index (χ3v) is 22.2. The lowest BCUT2D eigenvalue weighted by Gasteiger charge is -2.61. The number of ether oxygens (including phenoxy) is 11. The molecule has 0 aromatic carbocycles. The molecule has 0 aromatic rings. The van der Waals surface area contributed by atoms with E-state index in [1.54, 1.807) is 0 Å². The van der Waals surface area contributed by atoms with E-state index < -0.39 is 198 Å². The summed E-state index contributed by atoms with van der Waals surface area (Å²) >= 11 is 0. The number of hydrogen-bond donors (Lipinski definition) is 18. The lowest BCUT2D eigenvalue weighted by atomic mass is 9.44. The molecule has 0 unspecified atom stereocenters. The Kier molecular flexibility index (Phi) is 21.3. The van der Waals surface area contributed by atoms with Crippen LogP contribution in [0.5, 0.6) is 0 Å². The molecule has 37 atom stereocenters. The first kappa shape index (κ1) is 67.7. The maximum absolute atomic E-state index is 12.2. The van der Waals surface area contributed by atoms with Gasteiger partial charge >= 0.3 is 0 Å². The molecule has 0 aromatic heterocycles. The van der Waals surface area contributed by atoms with Gasteiger partial charge in [-0.3, -0.25) is 0 Å². The zero-order valence-corrected chi connectivity index (χ0v) is 49.0. The van der Waals surface area contributed by atoms with Crippen molar-refractivity contribution in [2.45, 2.75) is 263 Å². The number of aliphatic hydroxyl groups is 18. The van der Waals surface area contributed by atoms with Crippen LogP contribution >= 0.6 is 0 Å². The van der Waals surface area contributed by atoms with Gasteiger partial charge in [-0.15, -0.1) is 0 Å². The van der Waals surface area contributed by atoms with Gasteiger partial charge in [0, 0.05) is 12.3 Å². The van der Waals surface area contributed by atoms with Gasteiger partial charge in [0.25, 0.3) is 0 Å². The Morgan fingerprint density at radius 3 is 1.52 bits per heavy atom. The summed E-state index contributed by atoms with van der Waals surface area (Å²) in [5.41, 5.74) is -0.108. The van der Waals surface area contributed by atoms with Crippen molar-refractivity contribution in [3.8, 4) is 0 Å². The second-order valence-corrected chi connectivity index (χ2v) is 27.1. The van der Waals surface area contributed by atoms with Crippen LogP contribution < -0.4 is 0 Å². The number of fused-ring (bicyclic) bond motifs is 7. The second kappa shape index (κ2) is 27.1. The third-order valence-electron chi connectivity index (χ3n) is 22.2. The van der Waals surface area contributed by atoms with Gasteiger partial charge in [0.05, 0.1) is 51.8 Å². The van der Waals surface area contributed by atoms with Crippen LogP contribution in [0.25, 0.3) is 0 Å². The average Bonchev–Trinajstić information content (AvgIpc) is 1.54. The molecule has 6 aliphatic heterocycles. The molecule has 29 nitrogen and oxygen atoms in total. The zero-order chi connectivity index (χ0) is 62.2. The van der Waals surface area contributed by atoms with Crippen molar-refractivity contribution >= 4 is 0 Å². The fraction of sp³-hybridized carbons (Fsp3) is 1.00. The normalized spacial score (nSPS) is 55.3. The monoisotopic (exact) mass is 1240 g/mol. The minimum atomic E-state index is -2.06. The molecule has 6 heterocycles. The predicted octanol–water partition coefficient (Wildman–Crippen LogP) is -6.13. The summed E-state index contributed by atoms with van der Waals surface area (Å²) in [7, 11) is 0. The molecular weight excluding hydrogens is 1150 g/mol. The van der Waals surface area contributed by atoms with E-state index in [0.717, 1.165) is 38.5 Å². The maximum Gasteiger partial charge on any atom is 0.187 e.